The van der Waals surface area contributed by atoms with Crippen LogP contribution in [0.25, 0.3) is 0 Å². The van der Waals surface area contributed by atoms with Crippen LogP contribution in [0.4, 0.5) is 0 Å². The molecule has 0 aliphatic rings. The van der Waals surface area contributed by atoms with Gasteiger partial charge in [-0.1, -0.05) is 0 Å². The molecule has 0 aromatic carbocycles. The second-order valence-corrected chi connectivity index (χ2v) is 5.05. The number of hydrogen-bond acceptors (Lipinski definition) is 3. The van der Waals surface area contributed by atoms with Crippen molar-refractivity contribution in [1.82, 2.24) is 9.97 Å². The lowest BCUT2D eigenvalue weighted by Gasteiger charge is -2.07. The molecule has 0 saturated heterocycles. The standard InChI is InChI=1S/C11H8Br2N2O/c1-7-2-8(12)5-15-11(7)16-10-3-9(13)4-14-6-10/h2-6H,1H3. The SMILES string of the molecule is Cc1cc(Br)cnc1Oc1cncc(Br)c1. The van der Waals surface area contributed by atoms with Gasteiger partial charge in [-0.3, -0.25) is 4.98 Å². The van der Waals surface area contributed by atoms with Crippen molar-refractivity contribution in [2.75, 3.05) is 0 Å². The fourth-order valence-corrected chi connectivity index (χ4v) is 1.98. The van der Waals surface area contributed by atoms with Crippen LogP contribution in [0.5, 0.6) is 11.6 Å². The average molecular weight is 344 g/mol. The van der Waals surface area contributed by atoms with Gasteiger partial charge < -0.3 is 4.74 Å². The highest BCUT2D eigenvalue weighted by atomic mass is 79.9. The predicted molar refractivity (Wildman–Crippen MR) is 68.7 cm³/mol. The minimum atomic E-state index is 0.586. The van der Waals surface area contributed by atoms with E-state index >= 15 is 0 Å². The van der Waals surface area contributed by atoms with E-state index < -0.39 is 0 Å². The second-order valence-electron chi connectivity index (χ2n) is 3.22. The van der Waals surface area contributed by atoms with Crippen molar-refractivity contribution in [3.05, 3.63) is 45.2 Å². The topological polar surface area (TPSA) is 35.0 Å². The highest BCUT2D eigenvalue weighted by molar-refractivity contribution is 9.10. The molecule has 2 aromatic rings. The number of ether oxygens (including phenoxy) is 1. The molecule has 2 aromatic heterocycles. The molecule has 0 unspecified atom stereocenters. The fourth-order valence-electron chi connectivity index (χ4n) is 1.19. The molecule has 3 nitrogen and oxygen atoms in total. The first-order chi connectivity index (χ1) is 7.65. The number of aryl methyl sites for hydroxylation is 1. The second kappa shape index (κ2) is 4.93. The lowest BCUT2D eigenvalue weighted by Crippen LogP contribution is -1.91. The number of rotatable bonds is 2. The van der Waals surface area contributed by atoms with Crippen LogP contribution < -0.4 is 4.74 Å². The van der Waals surface area contributed by atoms with Gasteiger partial charge in [0.15, 0.2) is 0 Å². The van der Waals surface area contributed by atoms with Crippen LogP contribution in [0.3, 0.4) is 0 Å². The summed E-state index contributed by atoms with van der Waals surface area (Å²) in [6.45, 7) is 1.94. The Balaban J connectivity index is 2.27. The Hall–Kier alpha value is -0.940. The summed E-state index contributed by atoms with van der Waals surface area (Å²) >= 11 is 6.69. The molecule has 0 N–H and O–H groups in total. The first kappa shape index (κ1) is 11.5. The molecule has 0 radical (unpaired) electrons. The predicted octanol–water partition coefficient (Wildman–Crippen LogP) is 4.10. The van der Waals surface area contributed by atoms with E-state index in [0.717, 1.165) is 14.5 Å². The van der Waals surface area contributed by atoms with Gasteiger partial charge in [-0.2, -0.15) is 0 Å². The number of nitrogens with zero attached hydrogens (tertiary/aromatic N) is 2. The lowest BCUT2D eigenvalue weighted by molar-refractivity contribution is 0.456. The van der Waals surface area contributed by atoms with Crippen LogP contribution in [0.2, 0.25) is 0 Å². The van der Waals surface area contributed by atoms with Crippen molar-refractivity contribution < 1.29 is 4.74 Å². The summed E-state index contributed by atoms with van der Waals surface area (Å²) in [5.41, 5.74) is 0.967. The Morgan fingerprint density at radius 1 is 1.06 bits per heavy atom. The summed E-state index contributed by atoms with van der Waals surface area (Å²) < 4.78 is 7.43. The fraction of sp³-hybridized carbons (Fsp3) is 0.0909. The zero-order valence-electron chi connectivity index (χ0n) is 8.45. The molecule has 0 aliphatic carbocycles. The van der Waals surface area contributed by atoms with Gasteiger partial charge in [0.05, 0.1) is 6.20 Å². The maximum Gasteiger partial charge on any atom is 0.222 e. The molecule has 2 heterocycles. The minimum Gasteiger partial charge on any atom is -0.437 e. The number of aromatic nitrogens is 2. The van der Waals surface area contributed by atoms with Gasteiger partial charge in [-0.05, 0) is 50.9 Å². The zero-order chi connectivity index (χ0) is 11.5. The quantitative estimate of drug-likeness (QED) is 0.823. The third kappa shape index (κ3) is 2.80. The largest absolute Gasteiger partial charge is 0.437 e. The molecule has 0 aliphatic heterocycles. The lowest BCUT2D eigenvalue weighted by atomic mass is 10.3. The minimum absolute atomic E-state index is 0.586. The van der Waals surface area contributed by atoms with Crippen molar-refractivity contribution >= 4 is 31.9 Å². The molecular weight excluding hydrogens is 336 g/mol. The van der Waals surface area contributed by atoms with Crippen molar-refractivity contribution in [1.29, 1.82) is 0 Å². The Labute approximate surface area is 110 Å². The molecule has 0 amide bonds. The third-order valence-electron chi connectivity index (χ3n) is 1.89. The van der Waals surface area contributed by atoms with Crippen LogP contribution in [0.1, 0.15) is 5.56 Å². The van der Waals surface area contributed by atoms with Gasteiger partial charge in [-0.25, -0.2) is 4.98 Å². The van der Waals surface area contributed by atoms with E-state index in [1.807, 2.05) is 19.1 Å². The maximum atomic E-state index is 5.62. The van der Waals surface area contributed by atoms with Crippen molar-refractivity contribution in [3.8, 4) is 11.6 Å². The summed E-state index contributed by atoms with van der Waals surface area (Å²) in [5, 5.41) is 0. The van der Waals surface area contributed by atoms with E-state index in [-0.39, 0.29) is 0 Å². The van der Waals surface area contributed by atoms with E-state index in [0.29, 0.717) is 11.6 Å². The van der Waals surface area contributed by atoms with E-state index in [9.17, 15) is 0 Å². The molecule has 0 atom stereocenters. The van der Waals surface area contributed by atoms with Gasteiger partial charge >= 0.3 is 0 Å². The first-order valence-corrected chi connectivity index (χ1v) is 6.14. The molecule has 5 heteroatoms. The Morgan fingerprint density at radius 3 is 2.50 bits per heavy atom. The molecule has 16 heavy (non-hydrogen) atoms. The van der Waals surface area contributed by atoms with Crippen LogP contribution in [0, 0.1) is 6.92 Å². The highest BCUT2D eigenvalue weighted by Gasteiger charge is 2.04. The molecule has 0 spiro atoms. The first-order valence-electron chi connectivity index (χ1n) is 4.56. The Kier molecular flexibility index (Phi) is 3.56. The summed E-state index contributed by atoms with van der Waals surface area (Å²) in [6.07, 6.45) is 5.05. The number of halogens is 2. The van der Waals surface area contributed by atoms with E-state index in [1.165, 1.54) is 0 Å². The van der Waals surface area contributed by atoms with Crippen molar-refractivity contribution in [3.63, 3.8) is 0 Å². The molecule has 0 fully saturated rings. The summed E-state index contributed by atoms with van der Waals surface area (Å²) in [6, 6.07) is 3.80. The summed E-state index contributed by atoms with van der Waals surface area (Å²) in [7, 11) is 0. The van der Waals surface area contributed by atoms with Gasteiger partial charge in [-0.15, -0.1) is 0 Å². The van der Waals surface area contributed by atoms with Gasteiger partial charge in [0.25, 0.3) is 0 Å². The number of pyridine rings is 2. The molecular formula is C11H8Br2N2O. The van der Waals surface area contributed by atoms with Crippen molar-refractivity contribution in [2.24, 2.45) is 0 Å². The van der Waals surface area contributed by atoms with Gasteiger partial charge in [0.1, 0.15) is 5.75 Å². The highest BCUT2D eigenvalue weighted by Crippen LogP contribution is 2.25. The third-order valence-corrected chi connectivity index (χ3v) is 2.76. The van der Waals surface area contributed by atoms with E-state index in [2.05, 4.69) is 41.8 Å². The van der Waals surface area contributed by atoms with Gasteiger partial charge in [0.2, 0.25) is 5.88 Å². The molecule has 0 saturated carbocycles. The Bertz CT molecular complexity index is 517. The van der Waals surface area contributed by atoms with Crippen LogP contribution in [0.15, 0.2) is 39.7 Å². The van der Waals surface area contributed by atoms with Crippen LogP contribution >= 0.6 is 31.9 Å². The maximum absolute atomic E-state index is 5.62. The molecule has 82 valence electrons. The molecule has 0 bridgehead atoms. The van der Waals surface area contributed by atoms with E-state index in [4.69, 9.17) is 4.74 Å². The van der Waals surface area contributed by atoms with E-state index in [1.54, 1.807) is 18.6 Å². The zero-order valence-corrected chi connectivity index (χ0v) is 11.6. The monoisotopic (exact) mass is 342 g/mol. The van der Waals surface area contributed by atoms with Crippen LogP contribution in [-0.2, 0) is 0 Å². The summed E-state index contributed by atoms with van der Waals surface area (Å²) in [4.78, 5) is 8.21. The van der Waals surface area contributed by atoms with Crippen LogP contribution in [-0.4, -0.2) is 9.97 Å². The van der Waals surface area contributed by atoms with Crippen molar-refractivity contribution in [2.45, 2.75) is 6.92 Å². The average Bonchev–Trinajstić information content (AvgIpc) is 2.22. The smallest absolute Gasteiger partial charge is 0.222 e. The van der Waals surface area contributed by atoms with Gasteiger partial charge in [0, 0.05) is 26.9 Å². The summed E-state index contributed by atoms with van der Waals surface area (Å²) in [5.74, 6) is 1.25. The number of hydrogen-bond donors (Lipinski definition) is 0. The molecule has 2 rings (SSSR count). The Morgan fingerprint density at radius 2 is 1.81 bits per heavy atom. The normalized spacial score (nSPS) is 10.2.